The molecule has 2 heteroatoms. The Morgan fingerprint density at radius 2 is 2.25 bits per heavy atom. The summed E-state index contributed by atoms with van der Waals surface area (Å²) in [6.07, 6.45) is 3.03. The molecule has 1 aromatic heterocycles. The molecule has 0 aromatic carbocycles. The summed E-state index contributed by atoms with van der Waals surface area (Å²) >= 11 is 0. The highest BCUT2D eigenvalue weighted by Crippen LogP contribution is 2.18. The SMILES string of the molecule is CC[C@H](C)c1ccc(OC)nc1. The van der Waals surface area contributed by atoms with Crippen molar-refractivity contribution in [2.75, 3.05) is 7.11 Å². The van der Waals surface area contributed by atoms with Gasteiger partial charge in [0.2, 0.25) is 5.88 Å². The van der Waals surface area contributed by atoms with E-state index in [2.05, 4.69) is 24.9 Å². The highest BCUT2D eigenvalue weighted by molar-refractivity contribution is 5.20. The summed E-state index contributed by atoms with van der Waals surface area (Å²) < 4.78 is 4.97. The molecule has 1 atom stereocenters. The van der Waals surface area contributed by atoms with E-state index in [1.165, 1.54) is 5.56 Å². The van der Waals surface area contributed by atoms with Gasteiger partial charge < -0.3 is 4.74 Å². The number of hydrogen-bond donors (Lipinski definition) is 0. The van der Waals surface area contributed by atoms with Crippen molar-refractivity contribution in [2.24, 2.45) is 0 Å². The zero-order chi connectivity index (χ0) is 8.97. The first-order chi connectivity index (χ1) is 5.77. The fraction of sp³-hybridized carbons (Fsp3) is 0.500. The minimum Gasteiger partial charge on any atom is -0.481 e. The Morgan fingerprint density at radius 1 is 1.50 bits per heavy atom. The Labute approximate surface area is 73.6 Å². The maximum Gasteiger partial charge on any atom is 0.212 e. The Morgan fingerprint density at radius 3 is 2.67 bits per heavy atom. The quantitative estimate of drug-likeness (QED) is 0.686. The summed E-state index contributed by atoms with van der Waals surface area (Å²) in [5, 5.41) is 0. The largest absolute Gasteiger partial charge is 0.481 e. The number of methoxy groups -OCH3 is 1. The molecular weight excluding hydrogens is 150 g/mol. The molecule has 12 heavy (non-hydrogen) atoms. The van der Waals surface area contributed by atoms with Crippen LogP contribution in [0.5, 0.6) is 5.88 Å². The third-order valence-electron chi connectivity index (χ3n) is 2.15. The molecule has 0 aliphatic carbocycles. The van der Waals surface area contributed by atoms with Crippen LogP contribution >= 0.6 is 0 Å². The zero-order valence-corrected chi connectivity index (χ0v) is 7.87. The van der Waals surface area contributed by atoms with Gasteiger partial charge in [0.05, 0.1) is 7.11 Å². The van der Waals surface area contributed by atoms with Crippen molar-refractivity contribution in [2.45, 2.75) is 26.2 Å². The Balaban J connectivity index is 2.77. The maximum absolute atomic E-state index is 4.97. The molecule has 0 saturated heterocycles. The summed E-state index contributed by atoms with van der Waals surface area (Å²) in [6, 6.07) is 3.97. The number of pyridine rings is 1. The molecule has 0 fully saturated rings. The van der Waals surface area contributed by atoms with Crippen LogP contribution in [0, 0.1) is 0 Å². The van der Waals surface area contributed by atoms with Crippen molar-refractivity contribution >= 4 is 0 Å². The second-order valence-electron chi connectivity index (χ2n) is 2.94. The molecule has 0 unspecified atom stereocenters. The molecule has 0 bridgehead atoms. The number of rotatable bonds is 3. The van der Waals surface area contributed by atoms with Gasteiger partial charge in [0, 0.05) is 12.3 Å². The first-order valence-electron chi connectivity index (χ1n) is 4.27. The van der Waals surface area contributed by atoms with Crippen LogP contribution in [0.2, 0.25) is 0 Å². The van der Waals surface area contributed by atoms with Crippen LogP contribution in [0.4, 0.5) is 0 Å². The minimum atomic E-state index is 0.586. The standard InChI is InChI=1S/C10H15NO/c1-4-8(2)9-5-6-10(12-3)11-7-9/h5-8H,4H2,1-3H3/t8-/m0/s1. The Kier molecular flexibility index (Phi) is 3.09. The van der Waals surface area contributed by atoms with Gasteiger partial charge in [0.1, 0.15) is 0 Å². The first-order valence-corrected chi connectivity index (χ1v) is 4.27. The molecule has 1 rings (SSSR count). The third kappa shape index (κ3) is 1.97. The highest BCUT2D eigenvalue weighted by Gasteiger charge is 2.02. The van der Waals surface area contributed by atoms with E-state index in [0.717, 1.165) is 6.42 Å². The molecule has 0 saturated carbocycles. The zero-order valence-electron chi connectivity index (χ0n) is 7.87. The van der Waals surface area contributed by atoms with Gasteiger partial charge in [0.15, 0.2) is 0 Å². The Hall–Kier alpha value is -1.05. The fourth-order valence-corrected chi connectivity index (χ4v) is 1.04. The lowest BCUT2D eigenvalue weighted by molar-refractivity contribution is 0.397. The molecule has 0 spiro atoms. The van der Waals surface area contributed by atoms with Gasteiger partial charge in [0.25, 0.3) is 0 Å². The van der Waals surface area contributed by atoms with Gasteiger partial charge in [-0.3, -0.25) is 0 Å². The molecule has 0 aliphatic rings. The summed E-state index contributed by atoms with van der Waals surface area (Å²) in [4.78, 5) is 4.14. The summed E-state index contributed by atoms with van der Waals surface area (Å²) in [7, 11) is 1.63. The number of ether oxygens (including phenoxy) is 1. The Bertz CT molecular complexity index is 230. The highest BCUT2D eigenvalue weighted by atomic mass is 16.5. The average Bonchev–Trinajstić information content (AvgIpc) is 2.17. The van der Waals surface area contributed by atoms with E-state index >= 15 is 0 Å². The van der Waals surface area contributed by atoms with Crippen molar-refractivity contribution in [3.05, 3.63) is 23.9 Å². The smallest absolute Gasteiger partial charge is 0.212 e. The topological polar surface area (TPSA) is 22.1 Å². The van der Waals surface area contributed by atoms with Gasteiger partial charge >= 0.3 is 0 Å². The van der Waals surface area contributed by atoms with E-state index in [-0.39, 0.29) is 0 Å². The van der Waals surface area contributed by atoms with Gasteiger partial charge in [-0.2, -0.15) is 0 Å². The van der Waals surface area contributed by atoms with Gasteiger partial charge in [-0.05, 0) is 17.9 Å². The fourth-order valence-electron chi connectivity index (χ4n) is 1.04. The van der Waals surface area contributed by atoms with E-state index in [9.17, 15) is 0 Å². The molecule has 66 valence electrons. The van der Waals surface area contributed by atoms with Gasteiger partial charge in [-0.15, -0.1) is 0 Å². The summed E-state index contributed by atoms with van der Waals surface area (Å²) in [6.45, 7) is 4.37. The lowest BCUT2D eigenvalue weighted by atomic mass is 10.0. The number of hydrogen-bond acceptors (Lipinski definition) is 2. The molecule has 1 heterocycles. The lowest BCUT2D eigenvalue weighted by Crippen LogP contribution is -1.93. The van der Waals surface area contributed by atoms with Crippen molar-refractivity contribution in [3.63, 3.8) is 0 Å². The van der Waals surface area contributed by atoms with Crippen LogP contribution in [0.1, 0.15) is 31.7 Å². The normalized spacial score (nSPS) is 12.6. The number of nitrogens with zero attached hydrogens (tertiary/aromatic N) is 1. The van der Waals surface area contributed by atoms with E-state index < -0.39 is 0 Å². The first kappa shape index (κ1) is 9.04. The van der Waals surface area contributed by atoms with Crippen molar-refractivity contribution in [1.29, 1.82) is 0 Å². The molecule has 0 radical (unpaired) electrons. The van der Waals surface area contributed by atoms with Crippen molar-refractivity contribution < 1.29 is 4.74 Å². The summed E-state index contributed by atoms with van der Waals surface area (Å²) in [5.74, 6) is 1.27. The van der Waals surface area contributed by atoms with E-state index in [1.807, 2.05) is 12.3 Å². The third-order valence-corrected chi connectivity index (χ3v) is 2.15. The minimum absolute atomic E-state index is 0.586. The van der Waals surface area contributed by atoms with Crippen molar-refractivity contribution in [1.82, 2.24) is 4.98 Å². The predicted octanol–water partition coefficient (Wildman–Crippen LogP) is 2.60. The molecular formula is C10H15NO. The van der Waals surface area contributed by atoms with Gasteiger partial charge in [-0.1, -0.05) is 19.9 Å². The molecule has 0 aliphatic heterocycles. The average molecular weight is 165 g/mol. The van der Waals surface area contributed by atoms with Crippen LogP contribution in [-0.2, 0) is 0 Å². The molecule has 0 N–H and O–H groups in total. The van der Waals surface area contributed by atoms with Crippen LogP contribution < -0.4 is 4.74 Å². The lowest BCUT2D eigenvalue weighted by Gasteiger charge is -2.07. The molecule has 2 nitrogen and oxygen atoms in total. The van der Waals surface area contributed by atoms with E-state index in [1.54, 1.807) is 7.11 Å². The van der Waals surface area contributed by atoms with E-state index in [0.29, 0.717) is 11.8 Å². The molecule has 0 amide bonds. The van der Waals surface area contributed by atoms with Gasteiger partial charge in [-0.25, -0.2) is 4.98 Å². The van der Waals surface area contributed by atoms with E-state index in [4.69, 9.17) is 4.74 Å². The monoisotopic (exact) mass is 165 g/mol. The van der Waals surface area contributed by atoms with Crippen LogP contribution in [-0.4, -0.2) is 12.1 Å². The maximum atomic E-state index is 4.97. The number of aromatic nitrogens is 1. The predicted molar refractivity (Wildman–Crippen MR) is 49.5 cm³/mol. The second kappa shape index (κ2) is 4.10. The second-order valence-corrected chi connectivity index (χ2v) is 2.94. The molecule has 1 aromatic rings. The summed E-state index contributed by atoms with van der Waals surface area (Å²) in [5.41, 5.74) is 1.28. The van der Waals surface area contributed by atoms with Crippen LogP contribution in [0.25, 0.3) is 0 Å². The van der Waals surface area contributed by atoms with Crippen LogP contribution in [0.3, 0.4) is 0 Å². The van der Waals surface area contributed by atoms with Crippen molar-refractivity contribution in [3.8, 4) is 5.88 Å². The van der Waals surface area contributed by atoms with Crippen LogP contribution in [0.15, 0.2) is 18.3 Å².